The topological polar surface area (TPSA) is 43.8 Å². The molecule has 1 rings (SSSR count). The van der Waals surface area contributed by atoms with E-state index >= 15 is 0 Å². The standard InChI is InChI=1S/C9H15F2N3/c1-9(10,11)7-14-6-8(5-13-14)3-2-4-12/h5-6H,2-4,7,12H2,1H3. The summed E-state index contributed by atoms with van der Waals surface area (Å²) >= 11 is 0. The smallest absolute Gasteiger partial charge is 0.264 e. The second-order valence-electron chi connectivity index (χ2n) is 3.51. The molecular weight excluding hydrogens is 188 g/mol. The minimum atomic E-state index is -2.71. The van der Waals surface area contributed by atoms with Gasteiger partial charge in [0.1, 0.15) is 6.54 Å². The average Bonchev–Trinajstić information content (AvgIpc) is 2.46. The van der Waals surface area contributed by atoms with E-state index in [9.17, 15) is 8.78 Å². The Morgan fingerprint density at radius 2 is 2.29 bits per heavy atom. The van der Waals surface area contributed by atoms with Gasteiger partial charge in [-0.1, -0.05) is 0 Å². The lowest BCUT2D eigenvalue weighted by Crippen LogP contribution is -2.19. The van der Waals surface area contributed by atoms with Crippen molar-refractivity contribution in [3.8, 4) is 0 Å². The summed E-state index contributed by atoms with van der Waals surface area (Å²) in [5, 5.41) is 3.85. The van der Waals surface area contributed by atoms with Crippen LogP contribution < -0.4 is 5.73 Å². The molecule has 0 fully saturated rings. The highest BCUT2D eigenvalue weighted by Gasteiger charge is 2.22. The van der Waals surface area contributed by atoms with E-state index in [-0.39, 0.29) is 6.54 Å². The zero-order valence-electron chi connectivity index (χ0n) is 8.21. The number of alkyl halides is 2. The van der Waals surface area contributed by atoms with Crippen molar-refractivity contribution in [2.24, 2.45) is 5.73 Å². The van der Waals surface area contributed by atoms with Crippen molar-refractivity contribution in [2.75, 3.05) is 6.54 Å². The summed E-state index contributed by atoms with van der Waals surface area (Å²) in [6.07, 6.45) is 4.91. The molecule has 1 heterocycles. The summed E-state index contributed by atoms with van der Waals surface area (Å²) in [6.45, 7) is 1.12. The van der Waals surface area contributed by atoms with Crippen LogP contribution >= 0.6 is 0 Å². The van der Waals surface area contributed by atoms with Gasteiger partial charge >= 0.3 is 0 Å². The Kier molecular flexibility index (Phi) is 3.57. The second-order valence-corrected chi connectivity index (χ2v) is 3.51. The van der Waals surface area contributed by atoms with Gasteiger partial charge in [0.2, 0.25) is 0 Å². The van der Waals surface area contributed by atoms with Crippen LogP contribution in [0.5, 0.6) is 0 Å². The van der Waals surface area contributed by atoms with E-state index < -0.39 is 5.92 Å². The third-order valence-corrected chi connectivity index (χ3v) is 1.80. The highest BCUT2D eigenvalue weighted by Crippen LogP contribution is 2.14. The van der Waals surface area contributed by atoms with Crippen LogP contribution in [0.3, 0.4) is 0 Å². The minimum Gasteiger partial charge on any atom is -0.330 e. The SMILES string of the molecule is CC(F)(F)Cn1cc(CCCN)cn1. The Bertz CT molecular complexity index is 278. The normalized spacial score (nSPS) is 12.0. The van der Waals surface area contributed by atoms with Crippen LogP contribution in [0.2, 0.25) is 0 Å². The molecule has 0 amide bonds. The van der Waals surface area contributed by atoms with Gasteiger partial charge in [-0.15, -0.1) is 0 Å². The number of rotatable bonds is 5. The molecular formula is C9H15F2N3. The van der Waals surface area contributed by atoms with Crippen LogP contribution in [-0.4, -0.2) is 22.2 Å². The van der Waals surface area contributed by atoms with E-state index in [4.69, 9.17) is 5.73 Å². The van der Waals surface area contributed by atoms with Crippen LogP contribution in [0, 0.1) is 0 Å². The van der Waals surface area contributed by atoms with Crippen LogP contribution in [0.15, 0.2) is 12.4 Å². The van der Waals surface area contributed by atoms with Crippen LogP contribution in [-0.2, 0) is 13.0 Å². The molecule has 0 atom stereocenters. The Morgan fingerprint density at radius 1 is 1.57 bits per heavy atom. The molecule has 0 saturated carbocycles. The molecule has 0 aromatic carbocycles. The van der Waals surface area contributed by atoms with Crippen molar-refractivity contribution < 1.29 is 8.78 Å². The maximum Gasteiger partial charge on any atom is 0.264 e. The minimum absolute atomic E-state index is 0.365. The van der Waals surface area contributed by atoms with E-state index in [1.54, 1.807) is 12.4 Å². The maximum absolute atomic E-state index is 12.6. The quantitative estimate of drug-likeness (QED) is 0.786. The first-order valence-electron chi connectivity index (χ1n) is 4.60. The first-order valence-corrected chi connectivity index (χ1v) is 4.60. The molecule has 3 nitrogen and oxygen atoms in total. The highest BCUT2D eigenvalue weighted by atomic mass is 19.3. The Hall–Kier alpha value is -0.970. The van der Waals surface area contributed by atoms with E-state index in [0.29, 0.717) is 6.54 Å². The molecule has 0 aliphatic rings. The van der Waals surface area contributed by atoms with Crippen molar-refractivity contribution in [3.63, 3.8) is 0 Å². The molecule has 0 saturated heterocycles. The molecule has 2 N–H and O–H groups in total. The molecule has 14 heavy (non-hydrogen) atoms. The van der Waals surface area contributed by atoms with Crippen molar-refractivity contribution in [1.82, 2.24) is 9.78 Å². The first-order chi connectivity index (χ1) is 6.51. The Labute approximate surface area is 81.9 Å². The third kappa shape index (κ3) is 3.83. The molecule has 0 spiro atoms. The predicted octanol–water partition coefficient (Wildman–Crippen LogP) is 1.43. The largest absolute Gasteiger partial charge is 0.330 e. The van der Waals surface area contributed by atoms with Gasteiger partial charge in [0.15, 0.2) is 0 Å². The monoisotopic (exact) mass is 203 g/mol. The molecule has 0 radical (unpaired) electrons. The van der Waals surface area contributed by atoms with E-state index in [0.717, 1.165) is 25.3 Å². The fourth-order valence-corrected chi connectivity index (χ4v) is 1.21. The summed E-state index contributed by atoms with van der Waals surface area (Å²) < 4.78 is 26.4. The van der Waals surface area contributed by atoms with Crippen LogP contribution in [0.4, 0.5) is 8.78 Å². The second kappa shape index (κ2) is 4.50. The summed E-state index contributed by atoms with van der Waals surface area (Å²) in [6, 6.07) is 0. The maximum atomic E-state index is 12.6. The Morgan fingerprint density at radius 3 is 2.86 bits per heavy atom. The van der Waals surface area contributed by atoms with E-state index in [1.165, 1.54) is 4.68 Å². The molecule has 0 aliphatic carbocycles. The highest BCUT2D eigenvalue weighted by molar-refractivity contribution is 5.04. The fraction of sp³-hybridized carbons (Fsp3) is 0.667. The number of nitrogens with zero attached hydrogens (tertiary/aromatic N) is 2. The zero-order valence-corrected chi connectivity index (χ0v) is 8.21. The lowest BCUT2D eigenvalue weighted by atomic mass is 10.2. The van der Waals surface area contributed by atoms with Gasteiger partial charge in [-0.05, 0) is 24.9 Å². The van der Waals surface area contributed by atoms with Crippen molar-refractivity contribution in [2.45, 2.75) is 32.2 Å². The van der Waals surface area contributed by atoms with Crippen LogP contribution in [0.25, 0.3) is 0 Å². The number of hydrogen-bond acceptors (Lipinski definition) is 2. The van der Waals surface area contributed by atoms with Gasteiger partial charge in [0.25, 0.3) is 5.92 Å². The van der Waals surface area contributed by atoms with Crippen molar-refractivity contribution >= 4 is 0 Å². The lowest BCUT2D eigenvalue weighted by molar-refractivity contribution is 0.000576. The number of aromatic nitrogens is 2. The number of halogens is 2. The zero-order chi connectivity index (χ0) is 10.6. The van der Waals surface area contributed by atoms with Crippen molar-refractivity contribution in [3.05, 3.63) is 18.0 Å². The average molecular weight is 203 g/mol. The van der Waals surface area contributed by atoms with Gasteiger partial charge in [0, 0.05) is 13.1 Å². The fourth-order valence-electron chi connectivity index (χ4n) is 1.21. The van der Waals surface area contributed by atoms with Gasteiger partial charge in [-0.25, -0.2) is 8.78 Å². The summed E-state index contributed by atoms with van der Waals surface area (Å²) in [5.74, 6) is -2.71. The molecule has 1 aromatic rings. The van der Waals surface area contributed by atoms with Gasteiger partial charge < -0.3 is 5.73 Å². The summed E-state index contributed by atoms with van der Waals surface area (Å²) in [4.78, 5) is 0. The third-order valence-electron chi connectivity index (χ3n) is 1.80. The van der Waals surface area contributed by atoms with Gasteiger partial charge in [-0.3, -0.25) is 4.68 Å². The van der Waals surface area contributed by atoms with E-state index in [1.807, 2.05) is 0 Å². The molecule has 0 aliphatic heterocycles. The molecule has 0 bridgehead atoms. The van der Waals surface area contributed by atoms with Crippen LogP contribution in [0.1, 0.15) is 18.9 Å². The predicted molar refractivity (Wildman–Crippen MR) is 50.2 cm³/mol. The summed E-state index contributed by atoms with van der Waals surface area (Å²) in [5.41, 5.74) is 6.30. The molecule has 80 valence electrons. The van der Waals surface area contributed by atoms with Crippen molar-refractivity contribution in [1.29, 1.82) is 0 Å². The Balaban J connectivity index is 2.51. The number of aryl methyl sites for hydroxylation is 1. The van der Waals surface area contributed by atoms with Gasteiger partial charge in [0.05, 0.1) is 6.20 Å². The first kappa shape index (κ1) is 11.1. The summed E-state index contributed by atoms with van der Waals surface area (Å²) in [7, 11) is 0. The molecule has 5 heteroatoms. The molecule has 0 unspecified atom stereocenters. The van der Waals surface area contributed by atoms with Gasteiger partial charge in [-0.2, -0.15) is 5.10 Å². The molecule has 1 aromatic heterocycles. The van der Waals surface area contributed by atoms with E-state index in [2.05, 4.69) is 5.10 Å². The number of nitrogens with two attached hydrogens (primary N) is 1. The lowest BCUT2D eigenvalue weighted by Gasteiger charge is -2.08. The number of hydrogen-bond donors (Lipinski definition) is 1.